The van der Waals surface area contributed by atoms with Gasteiger partial charge in [-0.2, -0.15) is 0 Å². The molecule has 1 saturated heterocycles. The number of carbonyl (C=O) groups excluding carboxylic acids is 1. The van der Waals surface area contributed by atoms with E-state index in [2.05, 4.69) is 12.2 Å². The number of likely N-dealkylation sites (tertiary alicyclic amines) is 1. The van der Waals surface area contributed by atoms with Gasteiger partial charge in [-0.25, -0.2) is 9.59 Å². The van der Waals surface area contributed by atoms with E-state index in [4.69, 9.17) is 5.11 Å². The predicted molar refractivity (Wildman–Crippen MR) is 82.1 cm³/mol. The van der Waals surface area contributed by atoms with Crippen molar-refractivity contribution < 1.29 is 14.7 Å². The zero-order chi connectivity index (χ0) is 15.2. The van der Waals surface area contributed by atoms with Gasteiger partial charge in [-0.1, -0.05) is 19.1 Å². The van der Waals surface area contributed by atoms with Crippen LogP contribution in [0.15, 0.2) is 30.3 Å². The number of nitrogens with zero attached hydrogens (tertiary/aromatic N) is 1. The fourth-order valence-corrected chi connectivity index (χ4v) is 2.26. The molecule has 0 aromatic heterocycles. The summed E-state index contributed by atoms with van der Waals surface area (Å²) in [7, 11) is 0. The first-order valence-corrected chi connectivity index (χ1v) is 7.11. The molecule has 2 rings (SSSR count). The molecule has 0 aliphatic carbocycles. The Morgan fingerprint density at radius 1 is 1.24 bits per heavy atom. The van der Waals surface area contributed by atoms with Crippen LogP contribution in [0.1, 0.15) is 25.3 Å². The van der Waals surface area contributed by atoms with Crippen molar-refractivity contribution in [2.75, 3.05) is 18.4 Å². The fourth-order valence-electron chi connectivity index (χ4n) is 2.26. The Labute approximate surface area is 124 Å². The van der Waals surface area contributed by atoms with Gasteiger partial charge >= 0.3 is 12.0 Å². The highest BCUT2D eigenvalue weighted by molar-refractivity contribution is 5.89. The van der Waals surface area contributed by atoms with Crippen molar-refractivity contribution in [3.63, 3.8) is 0 Å². The summed E-state index contributed by atoms with van der Waals surface area (Å²) in [5.74, 6) is -0.291. The van der Waals surface area contributed by atoms with Gasteiger partial charge in [0.25, 0.3) is 0 Å². The van der Waals surface area contributed by atoms with Crippen molar-refractivity contribution in [2.45, 2.75) is 19.8 Å². The topological polar surface area (TPSA) is 69.6 Å². The van der Waals surface area contributed by atoms with Crippen LogP contribution in [-0.2, 0) is 4.79 Å². The molecule has 0 radical (unpaired) electrons. The third-order valence-corrected chi connectivity index (χ3v) is 3.65. The first-order valence-electron chi connectivity index (χ1n) is 7.11. The molecule has 2 N–H and O–H groups in total. The number of amides is 2. The van der Waals surface area contributed by atoms with Gasteiger partial charge in [0.2, 0.25) is 0 Å². The van der Waals surface area contributed by atoms with Gasteiger partial charge in [0, 0.05) is 24.9 Å². The average molecular weight is 288 g/mol. The maximum atomic E-state index is 12.1. The molecule has 0 bridgehead atoms. The van der Waals surface area contributed by atoms with Gasteiger partial charge in [0.15, 0.2) is 0 Å². The highest BCUT2D eigenvalue weighted by atomic mass is 16.4. The molecule has 1 aliphatic rings. The van der Waals surface area contributed by atoms with E-state index in [1.165, 1.54) is 6.08 Å². The predicted octanol–water partition coefficient (Wildman–Crippen LogP) is 3.05. The van der Waals surface area contributed by atoms with E-state index in [-0.39, 0.29) is 6.03 Å². The third kappa shape index (κ3) is 4.63. The van der Waals surface area contributed by atoms with E-state index in [0.717, 1.165) is 37.6 Å². The van der Waals surface area contributed by atoms with Crippen LogP contribution < -0.4 is 5.32 Å². The summed E-state index contributed by atoms with van der Waals surface area (Å²) < 4.78 is 0. The van der Waals surface area contributed by atoms with Crippen LogP contribution in [0.3, 0.4) is 0 Å². The average Bonchev–Trinajstić information content (AvgIpc) is 2.47. The van der Waals surface area contributed by atoms with Crippen LogP contribution >= 0.6 is 0 Å². The highest BCUT2D eigenvalue weighted by Gasteiger charge is 2.19. The molecule has 0 unspecified atom stereocenters. The number of hydrogen-bond donors (Lipinski definition) is 2. The lowest BCUT2D eigenvalue weighted by molar-refractivity contribution is -0.131. The Morgan fingerprint density at radius 3 is 2.43 bits per heavy atom. The summed E-state index contributed by atoms with van der Waals surface area (Å²) in [4.78, 5) is 24.4. The third-order valence-electron chi connectivity index (χ3n) is 3.65. The first-order chi connectivity index (χ1) is 10.0. The van der Waals surface area contributed by atoms with Crippen LogP contribution in [0.25, 0.3) is 6.08 Å². The maximum Gasteiger partial charge on any atom is 0.328 e. The van der Waals surface area contributed by atoms with E-state index in [1.54, 1.807) is 24.3 Å². The number of piperidine rings is 1. The van der Waals surface area contributed by atoms with Crippen molar-refractivity contribution in [3.8, 4) is 0 Å². The molecular formula is C16H20N2O3. The molecule has 1 aromatic rings. The van der Waals surface area contributed by atoms with Crippen molar-refractivity contribution in [1.82, 2.24) is 4.90 Å². The second-order valence-electron chi connectivity index (χ2n) is 5.39. The molecule has 2 amide bonds. The van der Waals surface area contributed by atoms with Crippen molar-refractivity contribution in [1.29, 1.82) is 0 Å². The van der Waals surface area contributed by atoms with E-state index in [9.17, 15) is 9.59 Å². The summed E-state index contributed by atoms with van der Waals surface area (Å²) in [6.07, 6.45) is 4.70. The number of urea groups is 1. The Hall–Kier alpha value is -2.30. The van der Waals surface area contributed by atoms with Gasteiger partial charge in [-0.05, 0) is 42.5 Å². The summed E-state index contributed by atoms with van der Waals surface area (Å²) in [6.45, 7) is 3.80. The molecule has 5 heteroatoms. The molecule has 0 saturated carbocycles. The Balaban J connectivity index is 1.91. The number of anilines is 1. The van der Waals surface area contributed by atoms with Crippen LogP contribution in [0.4, 0.5) is 10.5 Å². The minimum Gasteiger partial charge on any atom is -0.478 e. The van der Waals surface area contributed by atoms with Crippen LogP contribution in [0.5, 0.6) is 0 Å². The van der Waals surface area contributed by atoms with Gasteiger partial charge in [-0.3, -0.25) is 0 Å². The molecule has 1 aliphatic heterocycles. The largest absolute Gasteiger partial charge is 0.478 e. The number of carbonyl (C=O) groups is 2. The SMILES string of the molecule is CC1CCN(C(=O)Nc2ccc(C=CC(=O)O)cc2)CC1. The number of aliphatic carboxylic acids is 1. The Morgan fingerprint density at radius 2 is 1.86 bits per heavy atom. The summed E-state index contributed by atoms with van der Waals surface area (Å²) in [6, 6.07) is 7.01. The summed E-state index contributed by atoms with van der Waals surface area (Å²) in [5.41, 5.74) is 1.49. The van der Waals surface area contributed by atoms with Gasteiger partial charge in [0.1, 0.15) is 0 Å². The van der Waals surface area contributed by atoms with E-state index in [1.807, 2.05) is 4.90 Å². The van der Waals surface area contributed by atoms with Crippen molar-refractivity contribution in [2.24, 2.45) is 5.92 Å². The quantitative estimate of drug-likeness (QED) is 0.840. The van der Waals surface area contributed by atoms with Gasteiger partial charge in [0.05, 0.1) is 0 Å². The van der Waals surface area contributed by atoms with Gasteiger partial charge < -0.3 is 15.3 Å². The number of rotatable bonds is 3. The zero-order valence-corrected chi connectivity index (χ0v) is 12.1. The van der Waals surface area contributed by atoms with Crippen molar-refractivity contribution in [3.05, 3.63) is 35.9 Å². The maximum absolute atomic E-state index is 12.1. The summed E-state index contributed by atoms with van der Waals surface area (Å²) >= 11 is 0. The number of hydrogen-bond acceptors (Lipinski definition) is 2. The summed E-state index contributed by atoms with van der Waals surface area (Å²) in [5, 5.41) is 11.4. The lowest BCUT2D eigenvalue weighted by Gasteiger charge is -2.30. The number of benzene rings is 1. The van der Waals surface area contributed by atoms with Crippen LogP contribution in [0, 0.1) is 5.92 Å². The molecule has 1 aromatic carbocycles. The molecule has 21 heavy (non-hydrogen) atoms. The Bertz CT molecular complexity index is 529. The normalized spacial score (nSPS) is 16.1. The van der Waals surface area contributed by atoms with E-state index < -0.39 is 5.97 Å². The van der Waals surface area contributed by atoms with E-state index in [0.29, 0.717) is 11.6 Å². The van der Waals surface area contributed by atoms with Crippen molar-refractivity contribution >= 4 is 23.8 Å². The molecular weight excluding hydrogens is 268 g/mol. The second-order valence-corrected chi connectivity index (χ2v) is 5.39. The number of carboxylic acid groups (broad SMARTS) is 1. The molecule has 0 spiro atoms. The number of nitrogens with one attached hydrogen (secondary N) is 1. The second kappa shape index (κ2) is 6.92. The molecule has 0 atom stereocenters. The Kier molecular flexibility index (Phi) is 4.98. The minimum absolute atomic E-state index is 0.0734. The lowest BCUT2D eigenvalue weighted by Crippen LogP contribution is -2.40. The monoisotopic (exact) mass is 288 g/mol. The molecule has 1 heterocycles. The van der Waals surface area contributed by atoms with Crippen LogP contribution in [-0.4, -0.2) is 35.1 Å². The number of carboxylic acids is 1. The minimum atomic E-state index is -0.980. The molecule has 112 valence electrons. The zero-order valence-electron chi connectivity index (χ0n) is 12.1. The van der Waals surface area contributed by atoms with Gasteiger partial charge in [-0.15, -0.1) is 0 Å². The highest BCUT2D eigenvalue weighted by Crippen LogP contribution is 2.17. The molecule has 5 nitrogen and oxygen atoms in total. The fraction of sp³-hybridized carbons (Fsp3) is 0.375. The smallest absolute Gasteiger partial charge is 0.328 e. The van der Waals surface area contributed by atoms with Crippen LogP contribution in [0.2, 0.25) is 0 Å². The standard InChI is InChI=1S/C16H20N2O3/c1-12-8-10-18(11-9-12)16(21)17-14-5-2-13(3-6-14)4-7-15(19)20/h2-7,12H,8-11H2,1H3,(H,17,21)(H,19,20). The molecule has 1 fully saturated rings. The first kappa shape index (κ1) is 15.1. The lowest BCUT2D eigenvalue weighted by atomic mass is 10.00. The van der Waals surface area contributed by atoms with E-state index >= 15 is 0 Å².